The molecule has 3 rings (SSSR count). The van der Waals surface area contributed by atoms with Crippen LogP contribution in [0.2, 0.25) is 0 Å². The van der Waals surface area contributed by atoms with Crippen molar-refractivity contribution in [3.63, 3.8) is 0 Å². The summed E-state index contributed by atoms with van der Waals surface area (Å²) < 4.78 is 1.35. The van der Waals surface area contributed by atoms with Crippen LogP contribution in [0.25, 0.3) is 0 Å². The molecule has 102 valence electrons. The van der Waals surface area contributed by atoms with E-state index in [1.54, 1.807) is 20.0 Å². The summed E-state index contributed by atoms with van der Waals surface area (Å²) in [5.41, 5.74) is -0.247. The fraction of sp³-hybridized carbons (Fsp3) is 0.615. The Hall–Kier alpha value is -1.85. The van der Waals surface area contributed by atoms with Crippen molar-refractivity contribution in [2.24, 2.45) is 11.3 Å². The fourth-order valence-electron chi connectivity index (χ4n) is 2.45. The van der Waals surface area contributed by atoms with Gasteiger partial charge in [0.25, 0.3) is 0 Å². The van der Waals surface area contributed by atoms with Crippen LogP contribution in [0.1, 0.15) is 33.1 Å². The van der Waals surface area contributed by atoms with Gasteiger partial charge >= 0.3 is 5.97 Å². The molecule has 0 aliphatic heterocycles. The van der Waals surface area contributed by atoms with Gasteiger partial charge in [-0.05, 0) is 38.5 Å². The second-order valence-electron chi connectivity index (χ2n) is 6.15. The SMILES string of the molecule is CC(C)(C(=O)O)n1cc(NC(=O)C2CC23CC3)cn1. The molecule has 0 saturated heterocycles. The predicted octanol–water partition coefficient (Wildman–Crippen LogP) is 1.44. The third-order valence-electron chi connectivity index (χ3n) is 4.34. The molecule has 1 amide bonds. The average Bonchev–Trinajstić information content (AvgIpc) is 3.22. The van der Waals surface area contributed by atoms with Gasteiger partial charge in [-0.1, -0.05) is 0 Å². The van der Waals surface area contributed by atoms with Crippen LogP contribution in [0.3, 0.4) is 0 Å². The molecule has 0 radical (unpaired) electrons. The van der Waals surface area contributed by atoms with E-state index in [2.05, 4.69) is 10.4 Å². The largest absolute Gasteiger partial charge is 0.479 e. The average molecular weight is 263 g/mol. The van der Waals surface area contributed by atoms with Gasteiger partial charge in [0.05, 0.1) is 11.9 Å². The van der Waals surface area contributed by atoms with Gasteiger partial charge in [-0.25, -0.2) is 4.79 Å². The Morgan fingerprint density at radius 3 is 2.74 bits per heavy atom. The number of hydrogen-bond donors (Lipinski definition) is 2. The first-order valence-electron chi connectivity index (χ1n) is 6.45. The molecule has 19 heavy (non-hydrogen) atoms. The molecule has 1 heterocycles. The lowest BCUT2D eigenvalue weighted by Gasteiger charge is -2.19. The van der Waals surface area contributed by atoms with Gasteiger partial charge in [0.15, 0.2) is 5.54 Å². The molecule has 2 aliphatic rings. The Labute approximate surface area is 110 Å². The number of hydrogen-bond acceptors (Lipinski definition) is 3. The van der Waals surface area contributed by atoms with Crippen LogP contribution in [0, 0.1) is 11.3 Å². The molecule has 0 aromatic carbocycles. The number of aliphatic carboxylic acids is 1. The quantitative estimate of drug-likeness (QED) is 0.861. The molecule has 1 atom stereocenters. The van der Waals surface area contributed by atoms with Crippen molar-refractivity contribution < 1.29 is 14.7 Å². The van der Waals surface area contributed by atoms with Gasteiger partial charge in [-0.3, -0.25) is 9.48 Å². The highest BCUT2D eigenvalue weighted by Crippen LogP contribution is 2.70. The minimum Gasteiger partial charge on any atom is -0.479 e. The Balaban J connectivity index is 1.68. The van der Waals surface area contributed by atoms with E-state index in [9.17, 15) is 9.59 Å². The van der Waals surface area contributed by atoms with Crippen LogP contribution in [0.5, 0.6) is 0 Å². The lowest BCUT2D eigenvalue weighted by Crippen LogP contribution is -2.35. The Kier molecular flexibility index (Phi) is 2.30. The normalized spacial score (nSPS) is 23.2. The van der Waals surface area contributed by atoms with Crippen LogP contribution in [-0.2, 0) is 15.1 Å². The van der Waals surface area contributed by atoms with Gasteiger partial charge in [-0.15, -0.1) is 0 Å². The lowest BCUT2D eigenvalue weighted by molar-refractivity contribution is -0.146. The Morgan fingerprint density at radius 1 is 1.53 bits per heavy atom. The smallest absolute Gasteiger partial charge is 0.331 e. The summed E-state index contributed by atoms with van der Waals surface area (Å²) in [5, 5.41) is 15.9. The van der Waals surface area contributed by atoms with Crippen molar-refractivity contribution in [2.45, 2.75) is 38.6 Å². The maximum absolute atomic E-state index is 12.0. The fourth-order valence-corrected chi connectivity index (χ4v) is 2.45. The number of carboxylic acids is 1. The summed E-state index contributed by atoms with van der Waals surface area (Å²) in [6.45, 7) is 3.13. The van der Waals surface area contributed by atoms with Gasteiger partial charge in [0, 0.05) is 12.1 Å². The van der Waals surface area contributed by atoms with Crippen LogP contribution in [0.15, 0.2) is 12.4 Å². The number of aromatic nitrogens is 2. The molecule has 2 aliphatic carbocycles. The second kappa shape index (κ2) is 3.59. The minimum atomic E-state index is -1.12. The maximum atomic E-state index is 12.0. The van der Waals surface area contributed by atoms with Crippen molar-refractivity contribution in [1.29, 1.82) is 0 Å². The van der Waals surface area contributed by atoms with E-state index in [-0.39, 0.29) is 11.8 Å². The maximum Gasteiger partial charge on any atom is 0.331 e. The topological polar surface area (TPSA) is 84.2 Å². The third kappa shape index (κ3) is 1.91. The van der Waals surface area contributed by atoms with Crippen molar-refractivity contribution in [2.75, 3.05) is 5.32 Å². The van der Waals surface area contributed by atoms with E-state index >= 15 is 0 Å². The summed E-state index contributed by atoms with van der Waals surface area (Å²) in [6, 6.07) is 0. The van der Waals surface area contributed by atoms with E-state index in [4.69, 9.17) is 5.11 Å². The standard InChI is InChI=1S/C13H17N3O3/c1-12(2,11(18)19)16-7-8(6-14-16)15-10(17)9-5-13(9)3-4-13/h6-7,9H,3-5H2,1-2H3,(H,15,17)(H,18,19). The van der Waals surface area contributed by atoms with E-state index in [1.165, 1.54) is 10.9 Å². The molecular formula is C13H17N3O3. The molecule has 1 aromatic rings. The predicted molar refractivity (Wildman–Crippen MR) is 67.6 cm³/mol. The first-order valence-corrected chi connectivity index (χ1v) is 6.45. The van der Waals surface area contributed by atoms with E-state index < -0.39 is 11.5 Å². The van der Waals surface area contributed by atoms with Crippen molar-refractivity contribution in [3.05, 3.63) is 12.4 Å². The first-order chi connectivity index (χ1) is 8.85. The minimum absolute atomic E-state index is 0.0326. The van der Waals surface area contributed by atoms with Crippen molar-refractivity contribution in [3.8, 4) is 0 Å². The van der Waals surface area contributed by atoms with Gasteiger partial charge in [0.1, 0.15) is 0 Å². The summed E-state index contributed by atoms with van der Waals surface area (Å²) in [5.74, 6) is -0.791. The van der Waals surface area contributed by atoms with E-state index in [0.29, 0.717) is 11.1 Å². The van der Waals surface area contributed by atoms with Crippen LogP contribution in [-0.4, -0.2) is 26.8 Å². The molecule has 1 spiro atoms. The van der Waals surface area contributed by atoms with Crippen LogP contribution >= 0.6 is 0 Å². The number of carbonyl (C=O) groups is 2. The molecular weight excluding hydrogens is 246 g/mol. The molecule has 2 fully saturated rings. The van der Waals surface area contributed by atoms with Crippen molar-refractivity contribution in [1.82, 2.24) is 9.78 Å². The Morgan fingerprint density at radius 2 is 2.21 bits per heavy atom. The van der Waals surface area contributed by atoms with Crippen molar-refractivity contribution >= 4 is 17.6 Å². The number of nitrogens with one attached hydrogen (secondary N) is 1. The molecule has 2 saturated carbocycles. The highest BCUT2D eigenvalue weighted by atomic mass is 16.4. The molecule has 2 N–H and O–H groups in total. The number of anilines is 1. The lowest BCUT2D eigenvalue weighted by atomic mass is 10.1. The zero-order valence-electron chi connectivity index (χ0n) is 11.0. The number of nitrogens with zero attached hydrogens (tertiary/aromatic N) is 2. The summed E-state index contributed by atoms with van der Waals surface area (Å²) in [7, 11) is 0. The summed E-state index contributed by atoms with van der Waals surface area (Å²) >= 11 is 0. The Bertz CT molecular complexity index is 557. The molecule has 6 nitrogen and oxygen atoms in total. The van der Waals surface area contributed by atoms with Crippen LogP contribution in [0.4, 0.5) is 5.69 Å². The molecule has 0 bridgehead atoms. The van der Waals surface area contributed by atoms with Gasteiger partial charge in [0.2, 0.25) is 5.91 Å². The number of carbonyl (C=O) groups excluding carboxylic acids is 1. The van der Waals surface area contributed by atoms with Gasteiger partial charge < -0.3 is 10.4 Å². The first kappa shape index (κ1) is 12.2. The highest BCUT2D eigenvalue weighted by molar-refractivity contribution is 5.95. The zero-order chi connectivity index (χ0) is 13.8. The zero-order valence-corrected chi connectivity index (χ0v) is 11.0. The summed E-state index contributed by atoms with van der Waals surface area (Å²) in [4.78, 5) is 23.1. The highest BCUT2D eigenvalue weighted by Gasteiger charge is 2.65. The third-order valence-corrected chi connectivity index (χ3v) is 4.34. The number of amides is 1. The number of rotatable bonds is 4. The molecule has 6 heteroatoms. The van der Waals surface area contributed by atoms with Gasteiger partial charge in [-0.2, -0.15) is 5.10 Å². The monoisotopic (exact) mass is 263 g/mol. The number of carboxylic acid groups (broad SMARTS) is 1. The molecule has 1 aromatic heterocycles. The molecule has 1 unspecified atom stereocenters. The van der Waals surface area contributed by atoms with E-state index in [0.717, 1.165) is 19.3 Å². The second-order valence-corrected chi connectivity index (χ2v) is 6.15. The van der Waals surface area contributed by atoms with Crippen LogP contribution < -0.4 is 5.32 Å². The van der Waals surface area contributed by atoms with E-state index in [1.807, 2.05) is 0 Å². The summed E-state index contributed by atoms with van der Waals surface area (Å²) in [6.07, 6.45) is 6.37.